The molecule has 23 heavy (non-hydrogen) atoms. The number of aryl methyl sites for hydroxylation is 1. The fourth-order valence-electron chi connectivity index (χ4n) is 3.00. The molecule has 2 N–H and O–H groups in total. The third kappa shape index (κ3) is 6.76. The van der Waals surface area contributed by atoms with Crippen LogP contribution in [0.25, 0.3) is 0 Å². The number of rotatable bonds is 12. The van der Waals surface area contributed by atoms with Crippen LogP contribution >= 0.6 is 0 Å². The Hall–Kier alpha value is -1.32. The van der Waals surface area contributed by atoms with Crippen molar-refractivity contribution in [2.45, 2.75) is 85.5 Å². The zero-order valence-corrected chi connectivity index (χ0v) is 15.7. The van der Waals surface area contributed by atoms with E-state index >= 15 is 0 Å². The van der Waals surface area contributed by atoms with Crippen molar-refractivity contribution in [3.63, 3.8) is 0 Å². The van der Waals surface area contributed by atoms with Crippen molar-refractivity contribution in [3.05, 3.63) is 11.3 Å². The van der Waals surface area contributed by atoms with Gasteiger partial charge in [0.25, 0.3) is 0 Å². The van der Waals surface area contributed by atoms with Gasteiger partial charge in [0.15, 0.2) is 0 Å². The monoisotopic (exact) mass is 320 g/mol. The molecule has 0 aliphatic carbocycles. The molecule has 1 aromatic rings. The van der Waals surface area contributed by atoms with Crippen molar-refractivity contribution < 1.29 is 0 Å². The van der Waals surface area contributed by atoms with E-state index in [1.54, 1.807) is 0 Å². The topological polar surface area (TPSA) is 55.0 Å². The van der Waals surface area contributed by atoms with Crippen molar-refractivity contribution in [1.29, 1.82) is 0 Å². The molecule has 0 saturated heterocycles. The summed E-state index contributed by atoms with van der Waals surface area (Å²) >= 11 is 0. The SMILES string of the molecule is CCCCCCCCCCc1c(C)nc(N(CC)CC)nc1N. The van der Waals surface area contributed by atoms with Crippen LogP contribution in [0.1, 0.15) is 83.4 Å². The largest absolute Gasteiger partial charge is 0.383 e. The van der Waals surface area contributed by atoms with Crippen LogP contribution in [0.4, 0.5) is 11.8 Å². The Bertz CT molecular complexity index is 418. The normalized spacial score (nSPS) is 11.0. The summed E-state index contributed by atoms with van der Waals surface area (Å²) in [4.78, 5) is 11.3. The summed E-state index contributed by atoms with van der Waals surface area (Å²) in [6.07, 6.45) is 11.7. The Morgan fingerprint density at radius 2 is 1.39 bits per heavy atom. The molecule has 4 nitrogen and oxygen atoms in total. The molecule has 132 valence electrons. The van der Waals surface area contributed by atoms with Gasteiger partial charge in [-0.15, -0.1) is 0 Å². The van der Waals surface area contributed by atoms with E-state index in [0.29, 0.717) is 5.82 Å². The molecule has 0 amide bonds. The Labute approximate surface area is 142 Å². The number of nitrogens with two attached hydrogens (primary N) is 1. The summed E-state index contributed by atoms with van der Waals surface area (Å²) in [5, 5.41) is 0. The predicted octanol–water partition coefficient (Wildman–Crippen LogP) is 4.90. The highest BCUT2D eigenvalue weighted by atomic mass is 15.3. The second kappa shape index (κ2) is 11.3. The first-order valence-electron chi connectivity index (χ1n) is 9.51. The number of nitrogens with zero attached hydrogens (tertiary/aromatic N) is 3. The van der Waals surface area contributed by atoms with Crippen LogP contribution in [0.5, 0.6) is 0 Å². The van der Waals surface area contributed by atoms with Crippen molar-refractivity contribution in [3.8, 4) is 0 Å². The summed E-state index contributed by atoms with van der Waals surface area (Å²) in [6, 6.07) is 0. The molecule has 0 atom stereocenters. The number of unbranched alkanes of at least 4 members (excludes halogenated alkanes) is 7. The molecule has 0 aromatic carbocycles. The van der Waals surface area contributed by atoms with Crippen molar-refractivity contribution in [2.24, 2.45) is 0 Å². The van der Waals surface area contributed by atoms with Crippen LogP contribution < -0.4 is 10.6 Å². The lowest BCUT2D eigenvalue weighted by molar-refractivity contribution is 0.575. The quantitative estimate of drug-likeness (QED) is 0.557. The summed E-state index contributed by atoms with van der Waals surface area (Å²) in [5.74, 6) is 1.44. The molecule has 0 spiro atoms. The molecular weight excluding hydrogens is 284 g/mol. The van der Waals surface area contributed by atoms with E-state index in [0.717, 1.165) is 36.7 Å². The van der Waals surface area contributed by atoms with Crippen LogP contribution in [-0.2, 0) is 6.42 Å². The van der Waals surface area contributed by atoms with E-state index in [4.69, 9.17) is 5.73 Å². The molecule has 1 aromatic heterocycles. The highest BCUT2D eigenvalue weighted by Gasteiger charge is 2.12. The number of anilines is 2. The van der Waals surface area contributed by atoms with Gasteiger partial charge in [0, 0.05) is 24.3 Å². The standard InChI is InChI=1S/C19H36N4/c1-5-8-9-10-11-12-13-14-15-17-16(4)21-19(22-18(17)20)23(6-2)7-3/h5-15H2,1-4H3,(H2,20,21,22). The second-order valence-corrected chi connectivity index (χ2v) is 6.37. The fraction of sp³-hybridized carbons (Fsp3) is 0.789. The van der Waals surface area contributed by atoms with Gasteiger partial charge in [-0.2, -0.15) is 4.98 Å². The van der Waals surface area contributed by atoms with Crippen molar-refractivity contribution in [2.75, 3.05) is 23.7 Å². The van der Waals surface area contributed by atoms with Crippen molar-refractivity contribution in [1.82, 2.24) is 9.97 Å². The highest BCUT2D eigenvalue weighted by molar-refractivity contribution is 5.47. The molecule has 4 heteroatoms. The third-order valence-electron chi connectivity index (χ3n) is 4.56. The van der Waals surface area contributed by atoms with E-state index in [9.17, 15) is 0 Å². The molecule has 0 bridgehead atoms. The highest BCUT2D eigenvalue weighted by Crippen LogP contribution is 2.20. The maximum absolute atomic E-state index is 6.19. The Morgan fingerprint density at radius 3 is 1.91 bits per heavy atom. The van der Waals surface area contributed by atoms with E-state index in [2.05, 4.69) is 42.6 Å². The minimum Gasteiger partial charge on any atom is -0.383 e. The smallest absolute Gasteiger partial charge is 0.227 e. The third-order valence-corrected chi connectivity index (χ3v) is 4.56. The summed E-state index contributed by atoms with van der Waals surface area (Å²) in [6.45, 7) is 10.4. The van der Waals surface area contributed by atoms with Gasteiger partial charge in [0.2, 0.25) is 5.95 Å². The van der Waals surface area contributed by atoms with Crippen LogP contribution in [0, 0.1) is 6.92 Å². The molecule has 0 unspecified atom stereocenters. The van der Waals surface area contributed by atoms with Gasteiger partial charge in [-0.1, -0.05) is 51.9 Å². The lowest BCUT2D eigenvalue weighted by Gasteiger charge is -2.20. The average Bonchev–Trinajstić information content (AvgIpc) is 2.53. The Kier molecular flexibility index (Phi) is 9.65. The molecule has 0 saturated carbocycles. The van der Waals surface area contributed by atoms with Gasteiger partial charge in [-0.05, 0) is 33.6 Å². The second-order valence-electron chi connectivity index (χ2n) is 6.37. The molecular formula is C19H36N4. The van der Waals surface area contributed by atoms with E-state index in [-0.39, 0.29) is 0 Å². The first kappa shape index (κ1) is 19.7. The molecule has 0 aliphatic rings. The summed E-state index contributed by atoms with van der Waals surface area (Å²) in [5.41, 5.74) is 8.38. The van der Waals surface area contributed by atoms with Crippen LogP contribution in [0.3, 0.4) is 0 Å². The van der Waals surface area contributed by atoms with Gasteiger partial charge < -0.3 is 10.6 Å². The summed E-state index contributed by atoms with van der Waals surface area (Å²) in [7, 11) is 0. The van der Waals surface area contributed by atoms with Gasteiger partial charge >= 0.3 is 0 Å². The van der Waals surface area contributed by atoms with E-state index in [1.165, 1.54) is 51.4 Å². The summed E-state index contributed by atoms with van der Waals surface area (Å²) < 4.78 is 0. The van der Waals surface area contributed by atoms with E-state index < -0.39 is 0 Å². The number of nitrogen functional groups attached to an aromatic ring is 1. The van der Waals surface area contributed by atoms with E-state index in [1.807, 2.05) is 0 Å². The van der Waals surface area contributed by atoms with Crippen LogP contribution in [0.2, 0.25) is 0 Å². The minimum absolute atomic E-state index is 0.669. The number of hydrogen-bond acceptors (Lipinski definition) is 4. The minimum atomic E-state index is 0.669. The van der Waals surface area contributed by atoms with Crippen LogP contribution in [0.15, 0.2) is 0 Å². The zero-order chi connectivity index (χ0) is 17.1. The predicted molar refractivity (Wildman–Crippen MR) is 101 cm³/mol. The fourth-order valence-corrected chi connectivity index (χ4v) is 3.00. The first-order valence-corrected chi connectivity index (χ1v) is 9.51. The molecule has 0 aliphatic heterocycles. The van der Waals surface area contributed by atoms with Gasteiger partial charge in [-0.3, -0.25) is 0 Å². The Balaban J connectivity index is 2.42. The van der Waals surface area contributed by atoms with Gasteiger partial charge in [0.1, 0.15) is 5.82 Å². The molecule has 1 heterocycles. The average molecular weight is 321 g/mol. The molecule has 0 radical (unpaired) electrons. The zero-order valence-electron chi connectivity index (χ0n) is 15.7. The van der Waals surface area contributed by atoms with Gasteiger partial charge in [0.05, 0.1) is 0 Å². The number of aromatic nitrogens is 2. The molecule has 1 rings (SSSR count). The maximum atomic E-state index is 6.19. The van der Waals surface area contributed by atoms with Gasteiger partial charge in [-0.25, -0.2) is 4.98 Å². The lowest BCUT2D eigenvalue weighted by Crippen LogP contribution is -2.25. The van der Waals surface area contributed by atoms with Crippen molar-refractivity contribution >= 4 is 11.8 Å². The Morgan fingerprint density at radius 1 is 0.826 bits per heavy atom. The first-order chi connectivity index (χ1) is 11.1. The number of hydrogen-bond donors (Lipinski definition) is 1. The maximum Gasteiger partial charge on any atom is 0.227 e. The molecule has 0 fully saturated rings. The van der Waals surface area contributed by atoms with Crippen LogP contribution in [-0.4, -0.2) is 23.1 Å². The lowest BCUT2D eigenvalue weighted by atomic mass is 10.0.